The van der Waals surface area contributed by atoms with Gasteiger partial charge in [-0.1, -0.05) is 29.3 Å². The molecule has 0 aliphatic carbocycles. The number of anilines is 5. The molecule has 1 fully saturated rings. The first-order valence-electron chi connectivity index (χ1n) is 12.4. The molecule has 5 rings (SSSR count). The van der Waals surface area contributed by atoms with E-state index < -0.39 is 0 Å². The predicted molar refractivity (Wildman–Crippen MR) is 152 cm³/mol. The van der Waals surface area contributed by atoms with E-state index in [1.165, 1.54) is 11.1 Å². The number of hydrogen-bond acceptors (Lipinski definition) is 9. The predicted octanol–water partition coefficient (Wildman–Crippen LogP) is 2.92. The fourth-order valence-electron chi connectivity index (χ4n) is 4.72. The largest absolute Gasteiger partial charge is 0.392 e. The number of aromatic nitrogens is 2. The van der Waals surface area contributed by atoms with Gasteiger partial charge in [0.1, 0.15) is 11.4 Å². The van der Waals surface area contributed by atoms with E-state index in [4.69, 9.17) is 23.2 Å². The minimum Gasteiger partial charge on any atom is -0.392 e. The van der Waals surface area contributed by atoms with Crippen LogP contribution in [-0.4, -0.2) is 78.2 Å². The van der Waals surface area contributed by atoms with Crippen LogP contribution in [0.15, 0.2) is 42.6 Å². The number of likely N-dealkylation sites (N-methyl/N-ethyl adjacent to an activating group) is 1. The summed E-state index contributed by atoms with van der Waals surface area (Å²) in [6.07, 6.45) is 1.45. The summed E-state index contributed by atoms with van der Waals surface area (Å²) in [5, 5.41) is 20.0. The van der Waals surface area contributed by atoms with Crippen LogP contribution >= 0.6 is 23.2 Å². The van der Waals surface area contributed by atoms with Gasteiger partial charge in [-0.05, 0) is 37.4 Å². The zero-order chi connectivity index (χ0) is 27.5. The Morgan fingerprint density at radius 1 is 1.13 bits per heavy atom. The lowest BCUT2D eigenvalue weighted by Gasteiger charge is -2.37. The number of nitrogens with one attached hydrogen (secondary N) is 3. The van der Waals surface area contributed by atoms with E-state index in [1.54, 1.807) is 25.2 Å². The SMILES string of the molecule is CNCC(=O)N1CCN(c2ccc(Nc3ncc4c(n3)NCN(c3c(Cl)cccc3Cl)C4=O)cc2CO)CC1. The molecule has 0 radical (unpaired) electrons. The molecule has 3 aromatic rings. The van der Waals surface area contributed by atoms with Crippen LogP contribution in [0.4, 0.5) is 28.8 Å². The number of hydrogen-bond donors (Lipinski definition) is 4. The van der Waals surface area contributed by atoms with Crippen molar-refractivity contribution in [3.8, 4) is 0 Å². The van der Waals surface area contributed by atoms with Crippen molar-refractivity contribution in [3.63, 3.8) is 0 Å². The van der Waals surface area contributed by atoms with Crippen LogP contribution < -0.4 is 25.8 Å². The molecule has 11 nitrogen and oxygen atoms in total. The molecule has 4 N–H and O–H groups in total. The van der Waals surface area contributed by atoms with Crippen LogP contribution in [0.25, 0.3) is 0 Å². The molecule has 0 saturated carbocycles. The van der Waals surface area contributed by atoms with Crippen molar-refractivity contribution in [2.75, 3.05) is 66.9 Å². The number of carbonyl (C=O) groups excluding carboxylic acids is 2. The summed E-state index contributed by atoms with van der Waals surface area (Å²) in [5.41, 5.74) is 3.07. The second kappa shape index (κ2) is 11.6. The van der Waals surface area contributed by atoms with Crippen molar-refractivity contribution in [1.29, 1.82) is 0 Å². The Morgan fingerprint density at radius 2 is 1.87 bits per heavy atom. The van der Waals surface area contributed by atoms with Crippen molar-refractivity contribution in [2.45, 2.75) is 6.61 Å². The van der Waals surface area contributed by atoms with Gasteiger partial charge in [0.2, 0.25) is 11.9 Å². The highest BCUT2D eigenvalue weighted by Crippen LogP contribution is 2.36. The normalized spacial score (nSPS) is 15.2. The summed E-state index contributed by atoms with van der Waals surface area (Å²) >= 11 is 12.6. The second-order valence-corrected chi connectivity index (χ2v) is 9.93. The number of nitrogens with zero attached hydrogens (tertiary/aromatic N) is 5. The van der Waals surface area contributed by atoms with E-state index in [-0.39, 0.29) is 25.1 Å². The van der Waals surface area contributed by atoms with Gasteiger partial charge >= 0.3 is 0 Å². The number of rotatable bonds is 7. The molecule has 2 aliphatic heterocycles. The summed E-state index contributed by atoms with van der Waals surface area (Å²) in [7, 11) is 1.76. The van der Waals surface area contributed by atoms with Gasteiger partial charge in [-0.3, -0.25) is 14.5 Å². The van der Waals surface area contributed by atoms with Crippen molar-refractivity contribution in [3.05, 3.63) is 63.8 Å². The Kier molecular flexibility index (Phi) is 8.03. The third kappa shape index (κ3) is 5.57. The number of benzene rings is 2. The molecule has 204 valence electrons. The van der Waals surface area contributed by atoms with Crippen molar-refractivity contribution >= 4 is 63.8 Å². The van der Waals surface area contributed by atoms with Gasteiger partial charge in [-0.15, -0.1) is 0 Å². The molecule has 3 heterocycles. The first-order valence-corrected chi connectivity index (χ1v) is 13.2. The molecule has 1 saturated heterocycles. The lowest BCUT2D eigenvalue weighted by molar-refractivity contribution is -0.130. The Balaban J connectivity index is 1.29. The van der Waals surface area contributed by atoms with Crippen LogP contribution in [0.2, 0.25) is 10.0 Å². The quantitative estimate of drug-likeness (QED) is 0.339. The number of para-hydroxylation sites is 1. The molecule has 2 amide bonds. The highest BCUT2D eigenvalue weighted by Gasteiger charge is 2.30. The Morgan fingerprint density at radius 3 is 2.56 bits per heavy atom. The number of carbonyl (C=O) groups is 2. The van der Waals surface area contributed by atoms with E-state index in [0.717, 1.165) is 11.3 Å². The number of aliphatic hydroxyl groups excluding tert-OH is 1. The molecule has 0 atom stereocenters. The van der Waals surface area contributed by atoms with Gasteiger partial charge in [-0.25, -0.2) is 4.98 Å². The van der Waals surface area contributed by atoms with Crippen LogP contribution in [-0.2, 0) is 11.4 Å². The first-order chi connectivity index (χ1) is 18.9. The molecule has 2 aliphatic rings. The lowest BCUT2D eigenvalue weighted by atomic mass is 10.1. The number of halogens is 2. The lowest BCUT2D eigenvalue weighted by Crippen LogP contribution is -2.50. The average molecular weight is 571 g/mol. The third-order valence-corrected chi connectivity index (χ3v) is 7.29. The molecule has 13 heteroatoms. The Bertz CT molecular complexity index is 1380. The topological polar surface area (TPSA) is 126 Å². The monoisotopic (exact) mass is 570 g/mol. The molecular weight excluding hydrogens is 543 g/mol. The van der Waals surface area contributed by atoms with Gasteiger partial charge < -0.3 is 30.9 Å². The van der Waals surface area contributed by atoms with E-state index in [1.807, 2.05) is 23.1 Å². The summed E-state index contributed by atoms with van der Waals surface area (Å²) in [6, 6.07) is 10.7. The van der Waals surface area contributed by atoms with Crippen molar-refractivity contribution < 1.29 is 14.7 Å². The Hall–Kier alpha value is -3.64. The average Bonchev–Trinajstić information content (AvgIpc) is 2.94. The molecule has 0 bridgehead atoms. The Labute approximate surface area is 235 Å². The number of piperazine rings is 1. The maximum Gasteiger partial charge on any atom is 0.265 e. The molecular formula is C26H28Cl2N8O3. The van der Waals surface area contributed by atoms with Gasteiger partial charge in [0.25, 0.3) is 5.91 Å². The van der Waals surface area contributed by atoms with Crippen LogP contribution in [0.5, 0.6) is 0 Å². The van der Waals surface area contributed by atoms with E-state index in [2.05, 4.69) is 30.8 Å². The maximum atomic E-state index is 13.2. The fourth-order valence-corrected chi connectivity index (χ4v) is 5.32. The smallest absolute Gasteiger partial charge is 0.265 e. The minimum absolute atomic E-state index is 0.0840. The van der Waals surface area contributed by atoms with Crippen molar-refractivity contribution in [1.82, 2.24) is 20.2 Å². The summed E-state index contributed by atoms with van der Waals surface area (Å²) in [5.74, 6) is 0.457. The molecule has 39 heavy (non-hydrogen) atoms. The molecule has 0 unspecified atom stereocenters. The van der Waals surface area contributed by atoms with Crippen LogP contribution in [0.1, 0.15) is 15.9 Å². The highest BCUT2D eigenvalue weighted by molar-refractivity contribution is 6.40. The zero-order valence-electron chi connectivity index (χ0n) is 21.2. The third-order valence-electron chi connectivity index (χ3n) is 6.68. The van der Waals surface area contributed by atoms with Gasteiger partial charge in [0, 0.05) is 49.3 Å². The van der Waals surface area contributed by atoms with E-state index >= 15 is 0 Å². The highest BCUT2D eigenvalue weighted by atomic mass is 35.5. The minimum atomic E-state index is -0.315. The second-order valence-electron chi connectivity index (χ2n) is 9.12. The number of aliphatic hydroxyl groups is 1. The standard InChI is InChI=1S/C26H28Cl2N8O3/c1-29-13-22(38)35-9-7-34(8-10-35)21-6-5-17(11-16(21)14-37)32-26-30-12-18-24(33-26)31-15-36(25(18)39)23-19(27)3-2-4-20(23)28/h2-6,11-12,29,37H,7-10,13-15H2,1H3,(H2,30,31,32,33). The van der Waals surface area contributed by atoms with Crippen LogP contribution in [0.3, 0.4) is 0 Å². The first kappa shape index (κ1) is 26.9. The van der Waals surface area contributed by atoms with Crippen LogP contribution in [0, 0.1) is 0 Å². The summed E-state index contributed by atoms with van der Waals surface area (Å²) < 4.78 is 0. The molecule has 2 aromatic carbocycles. The number of fused-ring (bicyclic) bond motifs is 1. The van der Waals surface area contributed by atoms with E-state index in [9.17, 15) is 14.7 Å². The summed E-state index contributed by atoms with van der Waals surface area (Å²) in [6.45, 7) is 2.93. The summed E-state index contributed by atoms with van der Waals surface area (Å²) in [4.78, 5) is 39.6. The fraction of sp³-hybridized carbons (Fsp3) is 0.308. The van der Waals surface area contributed by atoms with Gasteiger partial charge in [-0.2, -0.15) is 4.98 Å². The molecule has 1 aromatic heterocycles. The molecule has 0 spiro atoms. The van der Waals surface area contributed by atoms with E-state index in [0.29, 0.717) is 71.5 Å². The van der Waals surface area contributed by atoms with Gasteiger partial charge in [0.15, 0.2) is 0 Å². The van der Waals surface area contributed by atoms with Crippen molar-refractivity contribution in [2.24, 2.45) is 0 Å². The number of amides is 2. The zero-order valence-corrected chi connectivity index (χ0v) is 22.8. The maximum absolute atomic E-state index is 13.2. The van der Waals surface area contributed by atoms with Gasteiger partial charge in [0.05, 0.1) is 35.6 Å².